The van der Waals surface area contributed by atoms with E-state index in [0.29, 0.717) is 25.6 Å². The van der Waals surface area contributed by atoms with Crippen LogP contribution in [0.15, 0.2) is 0 Å². The number of aliphatic hydroxyl groups excluding tert-OH is 10. The summed E-state index contributed by atoms with van der Waals surface area (Å²) >= 11 is 0. The molecule has 0 aliphatic heterocycles. The van der Waals surface area contributed by atoms with Gasteiger partial charge in [0, 0.05) is 40.0 Å². The molecule has 0 aliphatic carbocycles. The van der Waals surface area contributed by atoms with Crippen LogP contribution in [0.2, 0.25) is 0 Å². The molecule has 0 saturated heterocycles. The van der Waals surface area contributed by atoms with Gasteiger partial charge in [-0.05, 0) is 96.6 Å². The van der Waals surface area contributed by atoms with Gasteiger partial charge < -0.3 is 99.8 Å². The van der Waals surface area contributed by atoms with E-state index in [1.165, 1.54) is 264 Å². The molecule has 0 aliphatic rings. The molecule has 0 spiro atoms. The van der Waals surface area contributed by atoms with Crippen molar-refractivity contribution in [1.29, 1.82) is 0 Å². The van der Waals surface area contributed by atoms with Crippen LogP contribution in [0.3, 0.4) is 0 Å². The summed E-state index contributed by atoms with van der Waals surface area (Å²) in [4.78, 5) is 58.4. The minimum atomic E-state index is -1.85. The number of carbonyl (C=O) groups is 5. The molecule has 0 aromatic rings. The number of hydrogen-bond acceptors (Lipinski definition) is 19. The first-order chi connectivity index (χ1) is 52.3. The number of hydrogen-bond donors (Lipinski definition) is 19. The molecule has 644 valence electrons. The fraction of sp³-hybridized carbons (Fsp3) is 0.940. The number of amides is 5. The normalized spacial score (nSPS) is 13.9. The predicted molar refractivity (Wildman–Crippen MR) is 441 cm³/mol. The molecule has 9 atom stereocenters. The van der Waals surface area contributed by atoms with Crippen LogP contribution < -0.4 is 48.7 Å². The van der Waals surface area contributed by atoms with Gasteiger partial charge in [0.05, 0.1) is 13.2 Å². The van der Waals surface area contributed by atoms with Crippen molar-refractivity contribution in [3.63, 3.8) is 0 Å². The van der Waals surface area contributed by atoms with Crippen molar-refractivity contribution in [3.05, 3.63) is 0 Å². The van der Waals surface area contributed by atoms with Crippen molar-refractivity contribution in [3.8, 4) is 0 Å². The van der Waals surface area contributed by atoms with Crippen molar-refractivity contribution in [1.82, 2.24) is 37.2 Å². The molecule has 24 heteroatoms. The third-order valence-corrected chi connectivity index (χ3v) is 20.3. The van der Waals surface area contributed by atoms with Gasteiger partial charge in [0.25, 0.3) is 11.8 Å². The third-order valence-electron chi connectivity index (χ3n) is 20.3. The third kappa shape index (κ3) is 74.2. The maximum Gasteiger partial charge on any atom is 0.251 e. The van der Waals surface area contributed by atoms with Crippen LogP contribution in [-0.2, 0) is 24.0 Å². The van der Waals surface area contributed by atoms with E-state index in [1.54, 1.807) is 0 Å². The zero-order valence-electron chi connectivity index (χ0n) is 69.4. The van der Waals surface area contributed by atoms with Gasteiger partial charge in [-0.1, -0.05) is 303 Å². The highest BCUT2D eigenvalue weighted by atomic mass is 16.4. The predicted octanol–water partition coefficient (Wildman–Crippen LogP) is 10.2. The lowest BCUT2D eigenvalue weighted by Gasteiger charge is -2.24. The van der Waals surface area contributed by atoms with Gasteiger partial charge in [-0.15, -0.1) is 0 Å². The quantitative estimate of drug-likeness (QED) is 0.0252. The van der Waals surface area contributed by atoms with Gasteiger partial charge in [-0.25, -0.2) is 0 Å². The molecule has 0 radical (unpaired) electrons. The van der Waals surface area contributed by atoms with Crippen LogP contribution in [0, 0.1) is 5.92 Å². The molecule has 108 heavy (non-hydrogen) atoms. The first kappa shape index (κ1) is 109. The fourth-order valence-corrected chi connectivity index (χ4v) is 13.1. The van der Waals surface area contributed by atoms with E-state index in [0.717, 1.165) is 129 Å². The van der Waals surface area contributed by atoms with E-state index in [-0.39, 0.29) is 24.3 Å². The maximum atomic E-state index is 12.3. The van der Waals surface area contributed by atoms with E-state index < -0.39 is 79.9 Å². The first-order valence-electron chi connectivity index (χ1n) is 44.1. The van der Waals surface area contributed by atoms with Crippen molar-refractivity contribution >= 4 is 29.5 Å². The minimum absolute atomic E-state index is 0.0860. The highest BCUT2D eigenvalue weighted by Gasteiger charge is 2.35. The Bertz CT molecular complexity index is 1850. The molecule has 0 fully saturated rings. The number of nitrogens with two attached hydrogens (primary N) is 2. The second-order valence-corrected chi connectivity index (χ2v) is 30.7. The summed E-state index contributed by atoms with van der Waals surface area (Å²) in [6, 6.07) is -0.753. The van der Waals surface area contributed by atoms with Crippen molar-refractivity contribution in [2.24, 2.45) is 17.4 Å². The molecule has 1 unspecified atom stereocenters. The minimum Gasteiger partial charge on any atom is -0.394 e. The largest absolute Gasteiger partial charge is 0.394 e. The number of nitrogens with one attached hydrogen (secondary N) is 7. The summed E-state index contributed by atoms with van der Waals surface area (Å²) in [5, 5.41) is 114. The van der Waals surface area contributed by atoms with Crippen LogP contribution in [0.25, 0.3) is 0 Å². The van der Waals surface area contributed by atoms with Gasteiger partial charge in [-0.3, -0.25) is 24.0 Å². The van der Waals surface area contributed by atoms with E-state index in [9.17, 15) is 64.8 Å². The Morgan fingerprint density at radius 3 is 0.787 bits per heavy atom. The standard InChI is InChI=1S/2C30H61NO6.C24H51N7O3/c2*1-2-3-4-5-6-7-8-9-10-11-12-13-14-15-16-17-18-19-20-21-22-23-24-31-30(37)29(36)28(35)27(34)26(33)25-32;1-20(32)30-19-23(31-21(2)33)24(34)29-16-8-4-3-5-11-22(17-27-14-9-6-12-25)18-28-15-10-7-13-26/h2*26-29,32-36H,2-25H2,1H3,(H,31,37);22-23,27-28H,3-19,25-26H2,1-2H3,(H,29,34)(H,30,32)(H,31,33)/t2*26-,27+,28-,29+;/m10./s1. The lowest BCUT2D eigenvalue weighted by atomic mass is 10.00. The lowest BCUT2D eigenvalue weighted by Crippen LogP contribution is -2.52. The molecule has 0 rings (SSSR count). The molecular weight excluding hydrogens is 1370 g/mol. The van der Waals surface area contributed by atoms with Gasteiger partial charge in [-0.2, -0.15) is 0 Å². The van der Waals surface area contributed by atoms with Gasteiger partial charge in [0.15, 0.2) is 12.2 Å². The number of rotatable bonds is 79. The summed E-state index contributed by atoms with van der Waals surface area (Å²) in [5.41, 5.74) is 11.1. The molecule has 0 aromatic heterocycles. The molecule has 0 aromatic carbocycles. The lowest BCUT2D eigenvalue weighted by molar-refractivity contribution is -0.149. The topological polar surface area (TPSA) is 424 Å². The fourth-order valence-electron chi connectivity index (χ4n) is 13.1. The molecule has 5 amide bonds. The van der Waals surface area contributed by atoms with E-state index in [2.05, 4.69) is 51.1 Å². The van der Waals surface area contributed by atoms with E-state index >= 15 is 0 Å². The van der Waals surface area contributed by atoms with Gasteiger partial charge in [0.1, 0.15) is 42.7 Å². The number of aliphatic hydroxyl groups is 10. The molecule has 0 saturated carbocycles. The second-order valence-electron chi connectivity index (χ2n) is 30.7. The average molecular weight is 1550 g/mol. The Kier molecular flexibility index (Phi) is 85.4. The second kappa shape index (κ2) is 84.7. The Hall–Kier alpha value is -3.21. The van der Waals surface area contributed by atoms with E-state index in [1.807, 2.05) is 0 Å². The van der Waals surface area contributed by atoms with Crippen molar-refractivity contribution < 1.29 is 75.0 Å². The SMILES string of the molecule is CC(=O)NCC(NC(C)=O)C(=O)NCCCCCCC(CNCCCCN)CNCCCCN.CCCCCCCCCCCCCCCCCCCCCCCCNC(=O)[C@@H](O)[C@H](O)[C@@H](O)[C@H](O)CO.CCCCCCCCCCCCCCCCCCCCCCCCNC(=O)[C@H](O)[C@@H](O)[C@H](O)[C@@H](O)CO. The Morgan fingerprint density at radius 1 is 0.287 bits per heavy atom. The smallest absolute Gasteiger partial charge is 0.251 e. The summed E-state index contributed by atoms with van der Waals surface area (Å²) in [6.45, 7) is 12.7. The summed E-state index contributed by atoms with van der Waals surface area (Å²) in [7, 11) is 0. The zero-order chi connectivity index (χ0) is 80.6. The van der Waals surface area contributed by atoms with Crippen LogP contribution in [0.1, 0.15) is 368 Å². The van der Waals surface area contributed by atoms with Crippen LogP contribution >= 0.6 is 0 Å². The molecule has 0 bridgehead atoms. The highest BCUT2D eigenvalue weighted by molar-refractivity contribution is 5.87. The monoisotopic (exact) mass is 1550 g/mol. The Morgan fingerprint density at radius 2 is 0.537 bits per heavy atom. The number of carbonyl (C=O) groups excluding carboxylic acids is 5. The van der Waals surface area contributed by atoms with Crippen LogP contribution in [-0.4, -0.2) is 214 Å². The molecule has 24 nitrogen and oxygen atoms in total. The van der Waals surface area contributed by atoms with Gasteiger partial charge in [0.2, 0.25) is 17.7 Å². The van der Waals surface area contributed by atoms with Crippen LogP contribution in [0.4, 0.5) is 0 Å². The molecule has 0 heterocycles. The summed E-state index contributed by atoms with van der Waals surface area (Å²) in [6.07, 6.45) is 53.6. The van der Waals surface area contributed by atoms with Crippen molar-refractivity contribution in [2.45, 2.75) is 423 Å². The highest BCUT2D eigenvalue weighted by Crippen LogP contribution is 2.19. The average Bonchev–Trinajstić information content (AvgIpc) is 0.886. The van der Waals surface area contributed by atoms with Crippen molar-refractivity contribution in [2.75, 3.05) is 78.7 Å². The summed E-state index contributed by atoms with van der Waals surface area (Å²) in [5.74, 6) is -1.80. The van der Waals surface area contributed by atoms with E-state index in [4.69, 9.17) is 21.7 Å². The van der Waals surface area contributed by atoms with Gasteiger partial charge >= 0.3 is 0 Å². The Balaban J connectivity index is -0.00000153. The zero-order valence-corrected chi connectivity index (χ0v) is 69.4. The van der Waals surface area contributed by atoms with Crippen LogP contribution in [0.5, 0.6) is 0 Å². The Labute approximate surface area is 657 Å². The maximum absolute atomic E-state index is 12.3. The molecule has 21 N–H and O–H groups in total. The number of unbranched alkanes of at least 4 members (excludes halogenated alkanes) is 47. The molecular formula is C84H173N9O15. The summed E-state index contributed by atoms with van der Waals surface area (Å²) < 4.78 is 0. The first-order valence-corrected chi connectivity index (χ1v) is 44.1.